The van der Waals surface area contributed by atoms with Gasteiger partial charge in [-0.2, -0.15) is 0 Å². The molecule has 166 valence electrons. The van der Waals surface area contributed by atoms with Gasteiger partial charge in [-0.3, -0.25) is 4.79 Å². The van der Waals surface area contributed by atoms with Gasteiger partial charge in [0.15, 0.2) is 0 Å². The van der Waals surface area contributed by atoms with Crippen molar-refractivity contribution in [3.63, 3.8) is 0 Å². The summed E-state index contributed by atoms with van der Waals surface area (Å²) in [4.78, 5) is 21.6. The van der Waals surface area contributed by atoms with Crippen molar-refractivity contribution >= 4 is 22.6 Å². The molecule has 33 heavy (non-hydrogen) atoms. The first-order valence-electron chi connectivity index (χ1n) is 11.0. The highest BCUT2D eigenvalue weighted by Crippen LogP contribution is 2.17. The van der Waals surface area contributed by atoms with Crippen molar-refractivity contribution in [1.29, 1.82) is 0 Å². The second kappa shape index (κ2) is 9.16. The summed E-state index contributed by atoms with van der Waals surface area (Å²) in [6, 6.07) is 19.3. The highest BCUT2D eigenvalue weighted by molar-refractivity contribution is 5.94. The highest BCUT2D eigenvalue weighted by Gasteiger charge is 2.09. The zero-order valence-corrected chi connectivity index (χ0v) is 18.4. The lowest BCUT2D eigenvalue weighted by molar-refractivity contribution is 0.0952. The molecule has 3 heterocycles. The number of para-hydroxylation sites is 2. The van der Waals surface area contributed by atoms with Gasteiger partial charge in [0.2, 0.25) is 0 Å². The van der Waals surface area contributed by atoms with Crippen molar-refractivity contribution in [2.45, 2.75) is 26.5 Å². The minimum Gasteiger partial charge on any atom is -0.487 e. The molecule has 0 atom stereocenters. The molecule has 3 aromatic heterocycles. The van der Waals surface area contributed by atoms with Gasteiger partial charge in [0.05, 0.1) is 23.1 Å². The Labute approximate surface area is 191 Å². The van der Waals surface area contributed by atoms with Crippen molar-refractivity contribution in [2.24, 2.45) is 0 Å². The van der Waals surface area contributed by atoms with Crippen LogP contribution in [0.25, 0.3) is 16.7 Å². The topological polar surface area (TPSA) is 73.5 Å². The van der Waals surface area contributed by atoms with E-state index in [9.17, 15) is 4.79 Å². The second-order valence-corrected chi connectivity index (χ2v) is 8.01. The Morgan fingerprint density at radius 2 is 2.00 bits per heavy atom. The number of nitrogens with zero attached hydrogens (tertiary/aromatic N) is 4. The number of imidazole rings is 2. The summed E-state index contributed by atoms with van der Waals surface area (Å²) in [6.07, 6.45) is 6.59. The molecule has 0 saturated carbocycles. The number of aryl methyl sites for hydroxylation is 2. The molecule has 7 heteroatoms. The number of hydrogen-bond acceptors (Lipinski definition) is 4. The van der Waals surface area contributed by atoms with Crippen LogP contribution in [0.15, 0.2) is 79.4 Å². The van der Waals surface area contributed by atoms with Gasteiger partial charge in [-0.05, 0) is 55.3 Å². The smallest absolute Gasteiger partial charge is 0.251 e. The molecule has 1 amide bonds. The zero-order chi connectivity index (χ0) is 22.6. The average Bonchev–Trinajstić information content (AvgIpc) is 3.45. The third kappa shape index (κ3) is 4.57. The largest absolute Gasteiger partial charge is 0.487 e. The Hall–Kier alpha value is -4.13. The third-order valence-electron chi connectivity index (χ3n) is 5.60. The molecule has 7 nitrogen and oxygen atoms in total. The summed E-state index contributed by atoms with van der Waals surface area (Å²) in [5, 5.41) is 2.99. The van der Waals surface area contributed by atoms with Crippen molar-refractivity contribution in [1.82, 2.24) is 24.3 Å². The van der Waals surface area contributed by atoms with Crippen LogP contribution in [0, 0.1) is 6.92 Å². The number of pyridine rings is 1. The maximum Gasteiger partial charge on any atom is 0.251 e. The monoisotopic (exact) mass is 439 g/mol. The van der Waals surface area contributed by atoms with Gasteiger partial charge in [-0.15, -0.1) is 0 Å². The minimum absolute atomic E-state index is 0.112. The van der Waals surface area contributed by atoms with E-state index in [0.717, 1.165) is 40.9 Å². The Morgan fingerprint density at radius 3 is 2.91 bits per heavy atom. The first-order valence-corrected chi connectivity index (χ1v) is 11.0. The fraction of sp³-hybridized carbons (Fsp3) is 0.192. The van der Waals surface area contributed by atoms with Crippen LogP contribution >= 0.6 is 0 Å². The van der Waals surface area contributed by atoms with Crippen molar-refractivity contribution in [3.05, 3.63) is 96.2 Å². The summed E-state index contributed by atoms with van der Waals surface area (Å²) in [5.41, 5.74) is 5.54. The summed E-state index contributed by atoms with van der Waals surface area (Å²) in [7, 11) is 0. The molecule has 0 spiro atoms. The summed E-state index contributed by atoms with van der Waals surface area (Å²) < 4.78 is 10.0. The second-order valence-electron chi connectivity index (χ2n) is 8.01. The number of carbonyl (C=O) groups is 1. The fourth-order valence-electron chi connectivity index (χ4n) is 3.90. The van der Waals surface area contributed by atoms with Gasteiger partial charge in [-0.1, -0.05) is 24.3 Å². The van der Waals surface area contributed by atoms with E-state index >= 15 is 0 Å². The SMILES string of the molecule is Cc1cccn2cc(COc3cccc(C(=O)NCCCn4cnc5ccccc54)c3)nc12. The molecule has 0 fully saturated rings. The molecule has 0 saturated heterocycles. The molecule has 2 aromatic carbocycles. The molecular weight excluding hydrogens is 414 g/mol. The average molecular weight is 440 g/mol. The Morgan fingerprint density at radius 1 is 1.09 bits per heavy atom. The van der Waals surface area contributed by atoms with Gasteiger partial charge in [0.25, 0.3) is 5.91 Å². The van der Waals surface area contributed by atoms with Crippen LogP contribution in [0.4, 0.5) is 0 Å². The third-order valence-corrected chi connectivity index (χ3v) is 5.60. The zero-order valence-electron chi connectivity index (χ0n) is 18.4. The van der Waals surface area contributed by atoms with Crippen LogP contribution < -0.4 is 10.1 Å². The molecule has 1 N–H and O–H groups in total. The number of nitrogens with one attached hydrogen (secondary N) is 1. The quantitative estimate of drug-likeness (QED) is 0.364. The Kier molecular flexibility index (Phi) is 5.76. The van der Waals surface area contributed by atoms with Gasteiger partial charge in [-0.25, -0.2) is 9.97 Å². The van der Waals surface area contributed by atoms with E-state index in [0.29, 0.717) is 24.5 Å². The number of amides is 1. The molecule has 0 radical (unpaired) electrons. The van der Waals surface area contributed by atoms with Crippen molar-refractivity contribution in [3.8, 4) is 5.75 Å². The predicted octanol–water partition coefficient (Wildman–Crippen LogP) is 4.39. The highest BCUT2D eigenvalue weighted by atomic mass is 16.5. The number of carbonyl (C=O) groups excluding carboxylic acids is 1. The predicted molar refractivity (Wildman–Crippen MR) is 127 cm³/mol. The van der Waals surface area contributed by atoms with E-state index in [1.54, 1.807) is 12.1 Å². The Balaban J connectivity index is 1.14. The molecule has 0 bridgehead atoms. The number of benzene rings is 2. The van der Waals surface area contributed by atoms with Gasteiger partial charge < -0.3 is 19.0 Å². The van der Waals surface area contributed by atoms with E-state index in [4.69, 9.17) is 4.74 Å². The van der Waals surface area contributed by atoms with Crippen LogP contribution in [-0.4, -0.2) is 31.4 Å². The number of aromatic nitrogens is 4. The van der Waals surface area contributed by atoms with E-state index in [1.807, 2.05) is 72.5 Å². The van der Waals surface area contributed by atoms with Gasteiger partial charge >= 0.3 is 0 Å². The fourth-order valence-corrected chi connectivity index (χ4v) is 3.90. The summed E-state index contributed by atoms with van der Waals surface area (Å²) >= 11 is 0. The number of ether oxygens (including phenoxy) is 1. The number of rotatable bonds is 8. The lowest BCUT2D eigenvalue weighted by Gasteiger charge is -2.09. The van der Waals surface area contributed by atoms with E-state index in [2.05, 4.69) is 25.9 Å². The maximum atomic E-state index is 12.6. The Bertz CT molecular complexity index is 1420. The van der Waals surface area contributed by atoms with Crippen LogP contribution in [0.5, 0.6) is 5.75 Å². The maximum absolute atomic E-state index is 12.6. The van der Waals surface area contributed by atoms with E-state index in [1.165, 1.54) is 0 Å². The van der Waals surface area contributed by atoms with E-state index in [-0.39, 0.29) is 5.91 Å². The van der Waals surface area contributed by atoms with Crippen LogP contribution in [0.3, 0.4) is 0 Å². The standard InChI is InChI=1S/C26H25N5O2/c1-19-7-5-13-30-16-21(29-25(19)30)17-33-22-9-4-8-20(15-22)26(32)27-12-6-14-31-18-28-23-10-2-3-11-24(23)31/h2-5,7-11,13,15-16,18H,6,12,14,17H2,1H3,(H,27,32). The van der Waals surface area contributed by atoms with Gasteiger partial charge in [0, 0.05) is 31.0 Å². The molecular formula is C26H25N5O2. The number of hydrogen-bond donors (Lipinski definition) is 1. The van der Waals surface area contributed by atoms with Gasteiger partial charge in [0.1, 0.15) is 18.0 Å². The molecule has 5 aromatic rings. The molecule has 0 aliphatic rings. The van der Waals surface area contributed by atoms with Crippen molar-refractivity contribution in [2.75, 3.05) is 6.54 Å². The van der Waals surface area contributed by atoms with Crippen LogP contribution in [0.1, 0.15) is 28.0 Å². The minimum atomic E-state index is -0.112. The lowest BCUT2D eigenvalue weighted by Crippen LogP contribution is -2.25. The first kappa shape index (κ1) is 20.8. The molecule has 0 unspecified atom stereocenters. The normalized spacial score (nSPS) is 11.2. The summed E-state index contributed by atoms with van der Waals surface area (Å²) in [6.45, 7) is 3.75. The first-order chi connectivity index (χ1) is 16.2. The molecule has 0 aliphatic carbocycles. The van der Waals surface area contributed by atoms with Crippen LogP contribution in [0.2, 0.25) is 0 Å². The van der Waals surface area contributed by atoms with Crippen molar-refractivity contribution < 1.29 is 9.53 Å². The molecule has 5 rings (SSSR count). The lowest BCUT2D eigenvalue weighted by atomic mass is 10.2. The van der Waals surface area contributed by atoms with E-state index < -0.39 is 0 Å². The number of fused-ring (bicyclic) bond motifs is 2. The molecule has 0 aliphatic heterocycles. The van der Waals surface area contributed by atoms with Crippen LogP contribution in [-0.2, 0) is 13.2 Å². The summed E-state index contributed by atoms with van der Waals surface area (Å²) in [5.74, 6) is 0.528.